The Labute approximate surface area is 179 Å². The van der Waals surface area contributed by atoms with Crippen molar-refractivity contribution in [1.29, 1.82) is 0 Å². The molecule has 0 radical (unpaired) electrons. The highest BCUT2D eigenvalue weighted by atomic mass is 127. The Morgan fingerprint density at radius 3 is 2.78 bits per heavy atom. The minimum absolute atomic E-state index is 0. The van der Waals surface area contributed by atoms with Crippen LogP contribution in [0.15, 0.2) is 41.9 Å². The summed E-state index contributed by atoms with van der Waals surface area (Å²) in [5.74, 6) is 2.37. The fraction of sp³-hybridized carbons (Fsp3) is 0.500. The zero-order valence-electron chi connectivity index (χ0n) is 16.7. The fourth-order valence-corrected chi connectivity index (χ4v) is 2.47. The number of halogens is 1. The maximum absolute atomic E-state index is 6.01. The van der Waals surface area contributed by atoms with Crippen LogP contribution in [0.1, 0.15) is 31.4 Å². The summed E-state index contributed by atoms with van der Waals surface area (Å²) < 4.78 is 8.04. The van der Waals surface area contributed by atoms with Crippen LogP contribution in [0, 0.1) is 12.8 Å². The van der Waals surface area contributed by atoms with Gasteiger partial charge < -0.3 is 19.9 Å². The largest absolute Gasteiger partial charge is 0.493 e. The summed E-state index contributed by atoms with van der Waals surface area (Å²) in [7, 11) is 1.78. The molecular formula is C20H32IN5O. The third-order valence-electron chi connectivity index (χ3n) is 4.07. The minimum Gasteiger partial charge on any atom is -0.493 e. The van der Waals surface area contributed by atoms with Crippen LogP contribution in [0.25, 0.3) is 0 Å². The van der Waals surface area contributed by atoms with Crippen molar-refractivity contribution in [1.82, 2.24) is 20.2 Å². The van der Waals surface area contributed by atoms with E-state index in [2.05, 4.69) is 59.6 Å². The Morgan fingerprint density at radius 1 is 1.30 bits per heavy atom. The first-order valence-corrected chi connectivity index (χ1v) is 9.21. The van der Waals surface area contributed by atoms with E-state index in [1.54, 1.807) is 13.2 Å². The molecule has 0 fully saturated rings. The lowest BCUT2D eigenvalue weighted by molar-refractivity contribution is 0.286. The number of aryl methyl sites for hydroxylation is 1. The van der Waals surface area contributed by atoms with E-state index in [9.17, 15) is 0 Å². The molecule has 0 bridgehead atoms. The third kappa shape index (κ3) is 8.64. The number of aliphatic imine (C=N–C) groups is 1. The van der Waals surface area contributed by atoms with Gasteiger partial charge in [0.25, 0.3) is 0 Å². The molecule has 1 heterocycles. The fourth-order valence-electron chi connectivity index (χ4n) is 2.47. The number of guanidine groups is 1. The molecule has 150 valence electrons. The quantitative estimate of drug-likeness (QED) is 0.324. The van der Waals surface area contributed by atoms with Crippen molar-refractivity contribution >= 4 is 29.9 Å². The Morgan fingerprint density at radius 2 is 2.11 bits per heavy atom. The molecule has 2 aromatic rings. The second-order valence-electron chi connectivity index (χ2n) is 6.80. The highest BCUT2D eigenvalue weighted by Gasteiger charge is 2.06. The van der Waals surface area contributed by atoms with E-state index >= 15 is 0 Å². The monoisotopic (exact) mass is 485 g/mol. The number of ether oxygens (including phenoxy) is 1. The van der Waals surface area contributed by atoms with Crippen molar-refractivity contribution in [3.8, 4) is 5.75 Å². The zero-order chi connectivity index (χ0) is 18.8. The predicted octanol–water partition coefficient (Wildman–Crippen LogP) is 3.60. The van der Waals surface area contributed by atoms with Crippen LogP contribution >= 0.6 is 24.0 Å². The van der Waals surface area contributed by atoms with Gasteiger partial charge in [-0.25, -0.2) is 4.98 Å². The Balaban J connectivity index is 0.00000364. The minimum atomic E-state index is 0. The van der Waals surface area contributed by atoms with Crippen LogP contribution in [0.3, 0.4) is 0 Å². The zero-order valence-corrected chi connectivity index (χ0v) is 19.1. The maximum atomic E-state index is 6.01. The van der Waals surface area contributed by atoms with Gasteiger partial charge in [-0.2, -0.15) is 0 Å². The van der Waals surface area contributed by atoms with Crippen molar-refractivity contribution < 1.29 is 4.74 Å². The lowest BCUT2D eigenvalue weighted by Gasteiger charge is -2.16. The number of nitrogens with one attached hydrogen (secondary N) is 2. The van der Waals surface area contributed by atoms with Gasteiger partial charge in [0.15, 0.2) is 5.96 Å². The predicted molar refractivity (Wildman–Crippen MR) is 122 cm³/mol. The van der Waals surface area contributed by atoms with Gasteiger partial charge >= 0.3 is 0 Å². The van der Waals surface area contributed by atoms with Gasteiger partial charge in [-0.15, -0.1) is 24.0 Å². The van der Waals surface area contributed by atoms with Gasteiger partial charge in [0, 0.05) is 44.6 Å². The molecule has 1 aromatic carbocycles. The molecule has 1 aromatic heterocycles. The van der Waals surface area contributed by atoms with Crippen molar-refractivity contribution in [3.05, 3.63) is 48.0 Å². The smallest absolute Gasteiger partial charge is 0.191 e. The van der Waals surface area contributed by atoms with E-state index in [4.69, 9.17) is 4.74 Å². The molecule has 0 saturated carbocycles. The summed E-state index contributed by atoms with van der Waals surface area (Å²) in [6.07, 6.45) is 6.60. The molecule has 0 aliphatic carbocycles. The molecule has 7 heteroatoms. The Bertz CT molecular complexity index is 686. The highest BCUT2D eigenvalue weighted by molar-refractivity contribution is 14.0. The second kappa shape index (κ2) is 12.6. The first-order chi connectivity index (χ1) is 12.6. The van der Waals surface area contributed by atoms with Crippen LogP contribution in [0.2, 0.25) is 0 Å². The topological polar surface area (TPSA) is 63.5 Å². The SMILES string of the molecule is CN=C(NCCn1ccnc1)NCc1ccc(C)cc1OCCC(C)C.I. The molecule has 0 spiro atoms. The van der Waals surface area contributed by atoms with Crippen LogP contribution in [0.4, 0.5) is 0 Å². The van der Waals surface area contributed by atoms with Crippen molar-refractivity contribution in [2.45, 2.75) is 40.3 Å². The normalized spacial score (nSPS) is 11.2. The van der Waals surface area contributed by atoms with E-state index in [1.807, 2.05) is 17.1 Å². The lowest BCUT2D eigenvalue weighted by atomic mass is 10.1. The van der Waals surface area contributed by atoms with Crippen LogP contribution in [-0.2, 0) is 13.1 Å². The average molecular weight is 485 g/mol. The first-order valence-electron chi connectivity index (χ1n) is 9.21. The molecule has 0 atom stereocenters. The molecule has 27 heavy (non-hydrogen) atoms. The number of aromatic nitrogens is 2. The third-order valence-corrected chi connectivity index (χ3v) is 4.07. The maximum Gasteiger partial charge on any atom is 0.191 e. The summed E-state index contributed by atoms with van der Waals surface area (Å²) in [5, 5.41) is 6.68. The number of benzene rings is 1. The standard InChI is InChI=1S/C20H31N5O.HI/c1-16(2)7-12-26-19-13-17(3)5-6-18(19)14-24-20(21-4)23-9-11-25-10-8-22-15-25;/h5-6,8,10,13,15-16H,7,9,11-12,14H2,1-4H3,(H2,21,23,24);1H. The van der Waals surface area contributed by atoms with E-state index in [0.717, 1.165) is 43.4 Å². The van der Waals surface area contributed by atoms with Gasteiger partial charge in [0.1, 0.15) is 5.75 Å². The van der Waals surface area contributed by atoms with Crippen molar-refractivity contribution in [2.75, 3.05) is 20.2 Å². The van der Waals surface area contributed by atoms with Gasteiger partial charge in [-0.3, -0.25) is 4.99 Å². The number of imidazole rings is 1. The Kier molecular flexibility index (Phi) is 10.8. The molecule has 0 unspecified atom stereocenters. The average Bonchev–Trinajstić information content (AvgIpc) is 3.12. The van der Waals surface area contributed by atoms with Crippen LogP contribution in [-0.4, -0.2) is 35.7 Å². The second-order valence-corrected chi connectivity index (χ2v) is 6.80. The van der Waals surface area contributed by atoms with E-state index < -0.39 is 0 Å². The molecule has 0 aliphatic rings. The molecule has 0 amide bonds. The van der Waals surface area contributed by atoms with Gasteiger partial charge in [-0.05, 0) is 30.9 Å². The van der Waals surface area contributed by atoms with Crippen molar-refractivity contribution in [3.63, 3.8) is 0 Å². The lowest BCUT2D eigenvalue weighted by Crippen LogP contribution is -2.38. The highest BCUT2D eigenvalue weighted by Crippen LogP contribution is 2.21. The summed E-state index contributed by atoms with van der Waals surface area (Å²) in [6, 6.07) is 6.33. The molecular weight excluding hydrogens is 453 g/mol. The molecule has 2 rings (SSSR count). The molecule has 6 nitrogen and oxygen atoms in total. The van der Waals surface area contributed by atoms with Crippen molar-refractivity contribution in [2.24, 2.45) is 10.9 Å². The molecule has 0 aliphatic heterocycles. The number of hydrogen-bond donors (Lipinski definition) is 2. The summed E-state index contributed by atoms with van der Waals surface area (Å²) in [5.41, 5.74) is 2.34. The number of nitrogens with zero attached hydrogens (tertiary/aromatic N) is 3. The first kappa shape index (κ1) is 23.3. The summed E-state index contributed by atoms with van der Waals surface area (Å²) in [6.45, 7) is 9.54. The van der Waals surface area contributed by atoms with Gasteiger partial charge in [-0.1, -0.05) is 26.0 Å². The number of rotatable bonds is 9. The molecule has 0 saturated heterocycles. The summed E-state index contributed by atoms with van der Waals surface area (Å²) >= 11 is 0. The van der Waals surface area contributed by atoms with Crippen LogP contribution < -0.4 is 15.4 Å². The van der Waals surface area contributed by atoms with Crippen LogP contribution in [0.5, 0.6) is 5.75 Å². The van der Waals surface area contributed by atoms with E-state index in [-0.39, 0.29) is 24.0 Å². The van der Waals surface area contributed by atoms with Gasteiger partial charge in [0.05, 0.1) is 12.9 Å². The van der Waals surface area contributed by atoms with Gasteiger partial charge in [0.2, 0.25) is 0 Å². The van der Waals surface area contributed by atoms with E-state index in [1.165, 1.54) is 5.56 Å². The summed E-state index contributed by atoms with van der Waals surface area (Å²) in [4.78, 5) is 8.33. The van der Waals surface area contributed by atoms with E-state index in [0.29, 0.717) is 12.5 Å². The number of hydrogen-bond acceptors (Lipinski definition) is 3. The Hall–Kier alpha value is -1.77. The molecule has 2 N–H and O–H groups in total.